The second-order valence-electron chi connectivity index (χ2n) is 5.05. The Kier molecular flexibility index (Phi) is 4.97. The van der Waals surface area contributed by atoms with Crippen molar-refractivity contribution in [3.8, 4) is 5.75 Å². The summed E-state index contributed by atoms with van der Waals surface area (Å²) in [7, 11) is 1.70. The molecule has 96 valence electrons. The van der Waals surface area contributed by atoms with Crippen LogP contribution in [0.1, 0.15) is 26.3 Å². The summed E-state index contributed by atoms with van der Waals surface area (Å²) in [5.74, 6) is 0.928. The molecule has 17 heavy (non-hydrogen) atoms. The molecule has 0 radical (unpaired) electrons. The van der Waals surface area contributed by atoms with Gasteiger partial charge in [0.05, 0.1) is 7.11 Å². The summed E-state index contributed by atoms with van der Waals surface area (Å²) >= 11 is 0. The van der Waals surface area contributed by atoms with Gasteiger partial charge in [-0.1, -0.05) is 32.0 Å². The molecular weight excluding hydrogens is 212 g/mol. The third-order valence-electron chi connectivity index (χ3n) is 2.86. The van der Waals surface area contributed by atoms with Crippen LogP contribution >= 0.6 is 0 Å². The van der Waals surface area contributed by atoms with Crippen molar-refractivity contribution in [2.45, 2.75) is 38.8 Å². The van der Waals surface area contributed by atoms with Crippen molar-refractivity contribution in [1.82, 2.24) is 5.32 Å². The van der Waals surface area contributed by atoms with Gasteiger partial charge in [0.25, 0.3) is 0 Å². The molecule has 0 aliphatic carbocycles. The molecule has 3 heteroatoms. The molecule has 0 bridgehead atoms. The maximum absolute atomic E-state index is 5.89. The van der Waals surface area contributed by atoms with Crippen LogP contribution in [0, 0.1) is 0 Å². The van der Waals surface area contributed by atoms with Crippen LogP contribution in [0.3, 0.4) is 0 Å². The van der Waals surface area contributed by atoms with Gasteiger partial charge in [0, 0.05) is 18.1 Å². The first-order valence-corrected chi connectivity index (χ1v) is 6.10. The number of ether oxygens (including phenoxy) is 1. The van der Waals surface area contributed by atoms with Gasteiger partial charge in [0.2, 0.25) is 0 Å². The van der Waals surface area contributed by atoms with E-state index in [1.165, 1.54) is 5.56 Å². The maximum Gasteiger partial charge on any atom is 0.122 e. The molecule has 1 atom stereocenters. The molecule has 0 aliphatic heterocycles. The topological polar surface area (TPSA) is 47.3 Å². The third-order valence-corrected chi connectivity index (χ3v) is 2.86. The molecule has 3 N–H and O–H groups in total. The van der Waals surface area contributed by atoms with E-state index in [-0.39, 0.29) is 5.54 Å². The molecule has 0 saturated heterocycles. The lowest BCUT2D eigenvalue weighted by Gasteiger charge is -2.32. The number of rotatable bonds is 6. The average molecular weight is 236 g/mol. The van der Waals surface area contributed by atoms with E-state index in [9.17, 15) is 0 Å². The minimum absolute atomic E-state index is 0.0944. The van der Waals surface area contributed by atoms with E-state index in [1.54, 1.807) is 7.11 Å². The highest BCUT2D eigenvalue weighted by Gasteiger charge is 2.24. The molecule has 1 rings (SSSR count). The number of hydrogen-bond acceptors (Lipinski definition) is 3. The van der Waals surface area contributed by atoms with E-state index in [2.05, 4.69) is 32.2 Å². The Bertz CT molecular complexity index is 352. The first-order chi connectivity index (χ1) is 8.00. The number of nitrogens with one attached hydrogen (secondary N) is 1. The predicted octanol–water partition coefficient (Wildman–Crippen LogP) is 1.95. The zero-order chi connectivity index (χ0) is 12.9. The molecule has 0 aliphatic rings. The van der Waals surface area contributed by atoms with E-state index in [0.717, 1.165) is 12.2 Å². The second kappa shape index (κ2) is 6.03. The Morgan fingerprint density at radius 2 is 2.00 bits per heavy atom. The number of hydrogen-bond donors (Lipinski definition) is 2. The third kappa shape index (κ3) is 4.02. The zero-order valence-electron chi connectivity index (χ0n) is 11.3. The second-order valence-corrected chi connectivity index (χ2v) is 5.05. The van der Waals surface area contributed by atoms with Crippen LogP contribution in [0.2, 0.25) is 0 Å². The van der Waals surface area contributed by atoms with Crippen LogP contribution in [-0.2, 0) is 6.42 Å². The minimum Gasteiger partial charge on any atom is -0.496 e. The van der Waals surface area contributed by atoms with E-state index in [0.29, 0.717) is 12.6 Å². The van der Waals surface area contributed by atoms with E-state index < -0.39 is 0 Å². The SMILES string of the molecule is COc1ccccc1CC(C)(CN)NC(C)C. The molecule has 1 unspecified atom stereocenters. The Balaban J connectivity index is 2.86. The van der Waals surface area contributed by atoms with E-state index in [4.69, 9.17) is 10.5 Å². The Labute approximate surface area is 104 Å². The van der Waals surface area contributed by atoms with Crippen molar-refractivity contribution in [3.63, 3.8) is 0 Å². The van der Waals surface area contributed by atoms with Gasteiger partial charge in [-0.2, -0.15) is 0 Å². The van der Waals surface area contributed by atoms with E-state index >= 15 is 0 Å². The Morgan fingerprint density at radius 3 is 2.53 bits per heavy atom. The summed E-state index contributed by atoms with van der Waals surface area (Å²) in [6.45, 7) is 7.02. The van der Waals surface area contributed by atoms with Crippen LogP contribution in [0.15, 0.2) is 24.3 Å². The van der Waals surface area contributed by atoms with Crippen LogP contribution in [0.4, 0.5) is 0 Å². The van der Waals surface area contributed by atoms with E-state index in [1.807, 2.05) is 18.2 Å². The van der Waals surface area contributed by atoms with Gasteiger partial charge in [0.1, 0.15) is 5.75 Å². The summed E-state index contributed by atoms with van der Waals surface area (Å²) in [4.78, 5) is 0. The molecule has 0 fully saturated rings. The summed E-state index contributed by atoms with van der Waals surface area (Å²) in [5, 5.41) is 3.53. The van der Waals surface area contributed by atoms with Crippen molar-refractivity contribution >= 4 is 0 Å². The van der Waals surface area contributed by atoms with Gasteiger partial charge in [-0.3, -0.25) is 0 Å². The number of benzene rings is 1. The number of methoxy groups -OCH3 is 1. The fourth-order valence-electron chi connectivity index (χ4n) is 2.15. The lowest BCUT2D eigenvalue weighted by atomic mass is 9.91. The Hall–Kier alpha value is -1.06. The first kappa shape index (κ1) is 14.0. The fraction of sp³-hybridized carbons (Fsp3) is 0.571. The van der Waals surface area contributed by atoms with Gasteiger partial charge in [-0.05, 0) is 25.0 Å². The smallest absolute Gasteiger partial charge is 0.122 e. The molecule has 0 heterocycles. The minimum atomic E-state index is -0.0944. The zero-order valence-corrected chi connectivity index (χ0v) is 11.3. The van der Waals surface area contributed by atoms with Crippen LogP contribution < -0.4 is 15.8 Å². The van der Waals surface area contributed by atoms with Crippen molar-refractivity contribution in [3.05, 3.63) is 29.8 Å². The summed E-state index contributed by atoms with van der Waals surface area (Å²) in [6.07, 6.45) is 0.867. The van der Waals surface area contributed by atoms with Crippen molar-refractivity contribution in [1.29, 1.82) is 0 Å². The fourth-order valence-corrected chi connectivity index (χ4v) is 2.15. The summed E-state index contributed by atoms with van der Waals surface area (Å²) < 4.78 is 5.37. The molecule has 3 nitrogen and oxygen atoms in total. The average Bonchev–Trinajstić information content (AvgIpc) is 2.28. The van der Waals surface area contributed by atoms with Crippen molar-refractivity contribution < 1.29 is 4.74 Å². The predicted molar refractivity (Wildman–Crippen MR) is 72.4 cm³/mol. The molecule has 1 aromatic carbocycles. The maximum atomic E-state index is 5.89. The molecular formula is C14H24N2O. The molecule has 0 aromatic heterocycles. The van der Waals surface area contributed by atoms with Crippen molar-refractivity contribution in [2.24, 2.45) is 5.73 Å². The normalized spacial score (nSPS) is 14.7. The highest BCUT2D eigenvalue weighted by atomic mass is 16.5. The lowest BCUT2D eigenvalue weighted by Crippen LogP contribution is -2.53. The quantitative estimate of drug-likeness (QED) is 0.793. The monoisotopic (exact) mass is 236 g/mol. The van der Waals surface area contributed by atoms with Crippen LogP contribution in [-0.4, -0.2) is 25.2 Å². The highest BCUT2D eigenvalue weighted by Crippen LogP contribution is 2.22. The standard InChI is InChI=1S/C14H24N2O/c1-11(2)16-14(3,10-15)9-12-7-5-6-8-13(12)17-4/h5-8,11,16H,9-10,15H2,1-4H3. The number of para-hydroxylation sites is 1. The van der Waals surface area contributed by atoms with Gasteiger partial charge in [-0.15, -0.1) is 0 Å². The van der Waals surface area contributed by atoms with Gasteiger partial charge < -0.3 is 15.8 Å². The van der Waals surface area contributed by atoms with Crippen LogP contribution in [0.5, 0.6) is 5.75 Å². The Morgan fingerprint density at radius 1 is 1.35 bits per heavy atom. The lowest BCUT2D eigenvalue weighted by molar-refractivity contribution is 0.325. The van der Waals surface area contributed by atoms with Crippen molar-refractivity contribution in [2.75, 3.05) is 13.7 Å². The van der Waals surface area contributed by atoms with Gasteiger partial charge in [-0.25, -0.2) is 0 Å². The van der Waals surface area contributed by atoms with Gasteiger partial charge in [0.15, 0.2) is 0 Å². The molecule has 0 amide bonds. The summed E-state index contributed by atoms with van der Waals surface area (Å²) in [6, 6.07) is 8.51. The molecule has 0 saturated carbocycles. The highest BCUT2D eigenvalue weighted by molar-refractivity contribution is 5.34. The summed E-state index contributed by atoms with van der Waals surface area (Å²) in [5.41, 5.74) is 6.99. The molecule has 0 spiro atoms. The number of nitrogens with two attached hydrogens (primary N) is 1. The van der Waals surface area contributed by atoms with Crippen LogP contribution in [0.25, 0.3) is 0 Å². The van der Waals surface area contributed by atoms with Gasteiger partial charge >= 0.3 is 0 Å². The molecule has 1 aromatic rings. The largest absolute Gasteiger partial charge is 0.496 e. The first-order valence-electron chi connectivity index (χ1n) is 6.10.